The van der Waals surface area contributed by atoms with Gasteiger partial charge >= 0.3 is 6.18 Å². The highest BCUT2D eigenvalue weighted by Crippen LogP contribution is 2.30. The van der Waals surface area contributed by atoms with Gasteiger partial charge in [0.15, 0.2) is 5.76 Å². The molecular weight excluding hydrogens is 369 g/mol. The fourth-order valence-electron chi connectivity index (χ4n) is 2.13. The second kappa shape index (κ2) is 7.71. The van der Waals surface area contributed by atoms with Crippen LogP contribution in [0, 0.1) is 0 Å². The summed E-state index contributed by atoms with van der Waals surface area (Å²) in [6.07, 6.45) is -4.47. The Balaban J connectivity index is 1.49. The fourth-order valence-corrected chi connectivity index (χ4v) is 2.81. The van der Waals surface area contributed by atoms with Crippen molar-refractivity contribution in [1.82, 2.24) is 5.16 Å². The molecule has 2 heterocycles. The summed E-state index contributed by atoms with van der Waals surface area (Å²) in [5.41, 5.74) is -0.268. The number of rotatable bonds is 6. The molecule has 0 unspecified atom stereocenters. The zero-order valence-corrected chi connectivity index (χ0v) is 14.1. The molecule has 0 spiro atoms. The monoisotopic (exact) mass is 382 g/mol. The van der Waals surface area contributed by atoms with E-state index in [0.29, 0.717) is 11.5 Å². The standard InChI is InChI=1S/C17H13F3N2O3S/c18-17(19,20)11-3-1-4-12(7-11)21-16(23)10-24-9-13-8-14(25-22-13)15-5-2-6-26-15/h1-8H,9-10H2,(H,21,23). The average molecular weight is 382 g/mol. The smallest absolute Gasteiger partial charge is 0.365 e. The van der Waals surface area contributed by atoms with Gasteiger partial charge in [0.1, 0.15) is 12.3 Å². The zero-order chi connectivity index (χ0) is 18.6. The first-order valence-electron chi connectivity index (χ1n) is 7.46. The van der Waals surface area contributed by atoms with E-state index >= 15 is 0 Å². The van der Waals surface area contributed by atoms with E-state index in [0.717, 1.165) is 17.0 Å². The first-order valence-corrected chi connectivity index (χ1v) is 8.34. The normalized spacial score (nSPS) is 11.5. The van der Waals surface area contributed by atoms with E-state index in [9.17, 15) is 18.0 Å². The first-order chi connectivity index (χ1) is 12.4. The van der Waals surface area contributed by atoms with Crippen molar-refractivity contribution in [2.24, 2.45) is 0 Å². The lowest BCUT2D eigenvalue weighted by Gasteiger charge is -2.09. The Labute approximate surface area is 150 Å². The molecule has 3 aromatic rings. The Morgan fingerprint density at radius 1 is 1.23 bits per heavy atom. The second-order valence-electron chi connectivity index (χ2n) is 5.28. The van der Waals surface area contributed by atoms with Gasteiger partial charge in [-0.1, -0.05) is 17.3 Å². The second-order valence-corrected chi connectivity index (χ2v) is 6.23. The molecule has 3 rings (SSSR count). The van der Waals surface area contributed by atoms with Crippen molar-refractivity contribution in [3.05, 3.63) is 59.1 Å². The van der Waals surface area contributed by atoms with Crippen LogP contribution in [0.2, 0.25) is 0 Å². The van der Waals surface area contributed by atoms with E-state index in [1.807, 2.05) is 17.5 Å². The summed E-state index contributed by atoms with van der Waals surface area (Å²) in [5, 5.41) is 8.11. The van der Waals surface area contributed by atoms with E-state index in [1.54, 1.807) is 6.07 Å². The van der Waals surface area contributed by atoms with Crippen LogP contribution >= 0.6 is 11.3 Å². The Morgan fingerprint density at radius 3 is 2.81 bits per heavy atom. The van der Waals surface area contributed by atoms with Gasteiger partial charge in [0.2, 0.25) is 5.91 Å². The lowest BCUT2D eigenvalue weighted by molar-refractivity contribution is -0.137. The molecule has 0 fully saturated rings. The Morgan fingerprint density at radius 2 is 2.08 bits per heavy atom. The number of thiophene rings is 1. The minimum absolute atomic E-state index is 0.0465. The molecule has 0 atom stereocenters. The predicted octanol–water partition coefficient (Wildman–Crippen LogP) is 4.58. The lowest BCUT2D eigenvalue weighted by atomic mass is 10.2. The van der Waals surface area contributed by atoms with Crippen molar-refractivity contribution in [3.63, 3.8) is 0 Å². The highest BCUT2D eigenvalue weighted by atomic mass is 32.1. The number of hydrogen-bond donors (Lipinski definition) is 1. The molecule has 0 aliphatic carbocycles. The molecule has 1 amide bonds. The van der Waals surface area contributed by atoms with Crippen LogP contribution in [0.4, 0.5) is 18.9 Å². The van der Waals surface area contributed by atoms with E-state index < -0.39 is 17.6 Å². The summed E-state index contributed by atoms with van der Waals surface area (Å²) in [7, 11) is 0. The van der Waals surface area contributed by atoms with Gasteiger partial charge < -0.3 is 14.6 Å². The van der Waals surface area contributed by atoms with Crippen LogP contribution in [-0.2, 0) is 22.3 Å². The molecule has 0 aliphatic rings. The number of alkyl halides is 3. The van der Waals surface area contributed by atoms with E-state index in [2.05, 4.69) is 10.5 Å². The van der Waals surface area contributed by atoms with Gasteiger partial charge in [-0.25, -0.2) is 0 Å². The zero-order valence-electron chi connectivity index (χ0n) is 13.2. The number of nitrogens with zero attached hydrogens (tertiary/aromatic N) is 1. The quantitative estimate of drug-likeness (QED) is 0.678. The predicted molar refractivity (Wildman–Crippen MR) is 89.5 cm³/mol. The summed E-state index contributed by atoms with van der Waals surface area (Å²) < 4.78 is 48.4. The number of amides is 1. The highest BCUT2D eigenvalue weighted by Gasteiger charge is 2.30. The number of carbonyl (C=O) groups excluding carboxylic acids is 1. The van der Waals surface area contributed by atoms with Gasteiger partial charge in [-0.2, -0.15) is 13.2 Å². The highest BCUT2D eigenvalue weighted by molar-refractivity contribution is 7.13. The van der Waals surface area contributed by atoms with Crippen LogP contribution in [0.15, 0.2) is 52.4 Å². The van der Waals surface area contributed by atoms with Crippen molar-refractivity contribution in [3.8, 4) is 10.6 Å². The molecule has 9 heteroatoms. The van der Waals surface area contributed by atoms with Gasteiger partial charge in [-0.15, -0.1) is 11.3 Å². The molecule has 136 valence electrons. The molecule has 0 radical (unpaired) electrons. The molecule has 1 N–H and O–H groups in total. The Hall–Kier alpha value is -2.65. The molecule has 0 saturated heterocycles. The lowest BCUT2D eigenvalue weighted by Crippen LogP contribution is -2.18. The van der Waals surface area contributed by atoms with Gasteiger partial charge in [0.25, 0.3) is 0 Å². The Bertz CT molecular complexity index is 876. The summed E-state index contributed by atoms with van der Waals surface area (Å²) in [6, 6.07) is 9.87. The van der Waals surface area contributed by atoms with Gasteiger partial charge in [-0.05, 0) is 29.6 Å². The van der Waals surface area contributed by atoms with E-state index in [1.165, 1.54) is 23.5 Å². The number of halogens is 3. The number of anilines is 1. The van der Waals surface area contributed by atoms with Crippen molar-refractivity contribution in [2.75, 3.05) is 11.9 Å². The van der Waals surface area contributed by atoms with Crippen molar-refractivity contribution < 1.29 is 27.2 Å². The average Bonchev–Trinajstić information content (AvgIpc) is 3.25. The molecule has 2 aromatic heterocycles. The first kappa shape index (κ1) is 18.2. The van der Waals surface area contributed by atoms with E-state index in [-0.39, 0.29) is 18.9 Å². The minimum atomic E-state index is -4.47. The third kappa shape index (κ3) is 4.70. The maximum atomic E-state index is 12.6. The van der Waals surface area contributed by atoms with Crippen molar-refractivity contribution >= 4 is 22.9 Å². The molecule has 26 heavy (non-hydrogen) atoms. The Kier molecular flexibility index (Phi) is 5.38. The van der Waals surface area contributed by atoms with Gasteiger partial charge in [0, 0.05) is 11.8 Å². The number of ether oxygens (including phenoxy) is 1. The molecule has 1 aromatic carbocycles. The van der Waals surface area contributed by atoms with Crippen molar-refractivity contribution in [1.29, 1.82) is 0 Å². The van der Waals surface area contributed by atoms with Crippen LogP contribution < -0.4 is 5.32 Å². The number of hydrogen-bond acceptors (Lipinski definition) is 5. The van der Waals surface area contributed by atoms with E-state index in [4.69, 9.17) is 9.26 Å². The summed E-state index contributed by atoms with van der Waals surface area (Å²) in [4.78, 5) is 12.7. The van der Waals surface area contributed by atoms with Gasteiger partial charge in [0.05, 0.1) is 17.0 Å². The maximum absolute atomic E-state index is 12.6. The van der Waals surface area contributed by atoms with Crippen LogP contribution in [0.1, 0.15) is 11.3 Å². The van der Waals surface area contributed by atoms with Crippen LogP contribution in [0.3, 0.4) is 0 Å². The molecule has 0 saturated carbocycles. The number of aromatic nitrogens is 1. The van der Waals surface area contributed by atoms with Gasteiger partial charge in [-0.3, -0.25) is 4.79 Å². The van der Waals surface area contributed by atoms with Crippen molar-refractivity contribution in [2.45, 2.75) is 12.8 Å². The SMILES string of the molecule is O=C(COCc1cc(-c2cccs2)on1)Nc1cccc(C(F)(F)F)c1. The topological polar surface area (TPSA) is 64.4 Å². The molecule has 0 bridgehead atoms. The summed E-state index contributed by atoms with van der Waals surface area (Å²) in [6.45, 7) is -0.275. The maximum Gasteiger partial charge on any atom is 0.416 e. The molecule has 5 nitrogen and oxygen atoms in total. The molecular formula is C17H13F3N2O3S. The largest absolute Gasteiger partial charge is 0.416 e. The third-order valence-electron chi connectivity index (χ3n) is 3.28. The van der Waals surface area contributed by atoms with Crippen LogP contribution in [0.25, 0.3) is 10.6 Å². The minimum Gasteiger partial charge on any atom is -0.365 e. The fraction of sp³-hybridized carbons (Fsp3) is 0.176. The number of carbonyl (C=O) groups is 1. The van der Waals surface area contributed by atoms with Crippen LogP contribution in [0.5, 0.6) is 0 Å². The number of nitrogens with one attached hydrogen (secondary N) is 1. The molecule has 0 aliphatic heterocycles. The summed E-state index contributed by atoms with van der Waals surface area (Å²) in [5.74, 6) is 0.0401. The summed E-state index contributed by atoms with van der Waals surface area (Å²) >= 11 is 1.50. The third-order valence-corrected chi connectivity index (χ3v) is 4.16. The number of benzene rings is 1. The van der Waals surface area contributed by atoms with Crippen LogP contribution in [-0.4, -0.2) is 17.7 Å².